The summed E-state index contributed by atoms with van der Waals surface area (Å²) >= 11 is 1.26. The molecule has 134 valence electrons. The summed E-state index contributed by atoms with van der Waals surface area (Å²) in [4.78, 5) is 23.9. The van der Waals surface area contributed by atoms with Gasteiger partial charge in [-0.3, -0.25) is 9.36 Å². The summed E-state index contributed by atoms with van der Waals surface area (Å²) in [6.07, 6.45) is 2.81. The van der Waals surface area contributed by atoms with Crippen molar-refractivity contribution in [2.45, 2.75) is 37.1 Å². The zero-order chi connectivity index (χ0) is 17.5. The molecule has 1 atom stereocenters. The Morgan fingerprint density at radius 3 is 3.00 bits per heavy atom. The fourth-order valence-electron chi connectivity index (χ4n) is 2.74. The van der Waals surface area contributed by atoms with E-state index in [2.05, 4.69) is 15.5 Å². The standard InChI is InChI=1S/C17H22N4O3S/c22-15(18-9-8-13-5-2-1-3-6-13)12-25-17-20-19-16(23)21(17)11-14-7-4-10-24-14/h1-3,5-6,14H,4,7-12H2,(H,18,22)(H,19,23)/t14-/m1/s1. The minimum Gasteiger partial charge on any atom is -0.376 e. The van der Waals surface area contributed by atoms with Crippen LogP contribution in [0.5, 0.6) is 0 Å². The van der Waals surface area contributed by atoms with E-state index < -0.39 is 0 Å². The third-order valence-corrected chi connectivity index (χ3v) is 5.02. The van der Waals surface area contributed by atoms with Crippen molar-refractivity contribution in [1.29, 1.82) is 0 Å². The van der Waals surface area contributed by atoms with Gasteiger partial charge < -0.3 is 10.1 Å². The summed E-state index contributed by atoms with van der Waals surface area (Å²) < 4.78 is 7.12. The molecule has 1 fully saturated rings. The molecule has 0 radical (unpaired) electrons. The number of rotatable bonds is 8. The highest BCUT2D eigenvalue weighted by molar-refractivity contribution is 7.99. The summed E-state index contributed by atoms with van der Waals surface area (Å²) in [5.74, 6) is 0.157. The van der Waals surface area contributed by atoms with Crippen LogP contribution in [0.2, 0.25) is 0 Å². The number of thioether (sulfide) groups is 1. The first-order valence-electron chi connectivity index (χ1n) is 8.42. The Balaban J connectivity index is 1.44. The number of aromatic nitrogens is 3. The zero-order valence-electron chi connectivity index (χ0n) is 13.9. The third-order valence-electron chi connectivity index (χ3n) is 4.04. The second kappa shape index (κ2) is 8.87. The summed E-state index contributed by atoms with van der Waals surface area (Å²) in [5, 5.41) is 9.88. The Kier molecular flexibility index (Phi) is 6.30. The number of carbonyl (C=O) groups excluding carboxylic acids is 1. The van der Waals surface area contributed by atoms with E-state index in [1.165, 1.54) is 17.3 Å². The van der Waals surface area contributed by atoms with Gasteiger partial charge in [0, 0.05) is 13.2 Å². The molecular formula is C17H22N4O3S. The first-order chi connectivity index (χ1) is 12.2. The largest absolute Gasteiger partial charge is 0.376 e. The van der Waals surface area contributed by atoms with Gasteiger partial charge >= 0.3 is 5.69 Å². The van der Waals surface area contributed by atoms with Crippen molar-refractivity contribution in [3.63, 3.8) is 0 Å². The Hall–Kier alpha value is -2.06. The van der Waals surface area contributed by atoms with Crippen molar-refractivity contribution < 1.29 is 9.53 Å². The van der Waals surface area contributed by atoms with E-state index in [1.54, 1.807) is 4.57 Å². The molecule has 0 saturated carbocycles. The van der Waals surface area contributed by atoms with E-state index in [0.29, 0.717) is 18.2 Å². The van der Waals surface area contributed by atoms with Gasteiger partial charge in [-0.05, 0) is 24.8 Å². The molecule has 8 heteroatoms. The second-order valence-electron chi connectivity index (χ2n) is 5.93. The molecule has 1 aromatic carbocycles. The molecule has 1 amide bonds. The number of ether oxygens (including phenoxy) is 1. The quantitative estimate of drug-likeness (QED) is 0.689. The lowest BCUT2D eigenvalue weighted by molar-refractivity contribution is -0.118. The highest BCUT2D eigenvalue weighted by Crippen LogP contribution is 2.17. The van der Waals surface area contributed by atoms with Crippen molar-refractivity contribution >= 4 is 17.7 Å². The van der Waals surface area contributed by atoms with Crippen molar-refractivity contribution in [1.82, 2.24) is 20.1 Å². The van der Waals surface area contributed by atoms with Crippen LogP contribution in [0, 0.1) is 0 Å². The molecule has 2 N–H and O–H groups in total. The summed E-state index contributed by atoms with van der Waals surface area (Å²) in [5.41, 5.74) is 0.927. The minimum absolute atomic E-state index is 0.0503. The first kappa shape index (κ1) is 17.8. The maximum atomic E-state index is 12.0. The number of hydrogen-bond donors (Lipinski definition) is 2. The number of aromatic amines is 1. The van der Waals surface area contributed by atoms with Crippen molar-refractivity contribution in [3.05, 3.63) is 46.4 Å². The van der Waals surface area contributed by atoms with Crippen molar-refractivity contribution in [2.75, 3.05) is 18.9 Å². The van der Waals surface area contributed by atoms with Crippen LogP contribution < -0.4 is 11.0 Å². The number of benzene rings is 1. The number of nitrogens with one attached hydrogen (secondary N) is 2. The first-order valence-corrected chi connectivity index (χ1v) is 9.41. The fraction of sp³-hybridized carbons (Fsp3) is 0.471. The van der Waals surface area contributed by atoms with Crippen molar-refractivity contribution in [3.8, 4) is 0 Å². The Bertz CT molecular complexity index is 738. The Labute approximate surface area is 150 Å². The van der Waals surface area contributed by atoms with Gasteiger partial charge in [0.05, 0.1) is 18.4 Å². The third kappa shape index (κ3) is 5.20. The topological polar surface area (TPSA) is 89.0 Å². The van der Waals surface area contributed by atoms with Gasteiger partial charge in [-0.1, -0.05) is 42.1 Å². The molecule has 1 aliphatic heterocycles. The number of carbonyl (C=O) groups is 1. The second-order valence-corrected chi connectivity index (χ2v) is 6.87. The lowest BCUT2D eigenvalue weighted by atomic mass is 10.1. The summed E-state index contributed by atoms with van der Waals surface area (Å²) in [6, 6.07) is 10.0. The van der Waals surface area contributed by atoms with Crippen LogP contribution in [0.4, 0.5) is 0 Å². The van der Waals surface area contributed by atoms with Gasteiger partial charge in [0.25, 0.3) is 0 Å². The van der Waals surface area contributed by atoms with Crippen LogP contribution in [-0.4, -0.2) is 45.7 Å². The molecule has 1 aliphatic rings. The molecule has 2 aromatic rings. The van der Waals surface area contributed by atoms with Gasteiger partial charge in [-0.15, -0.1) is 5.10 Å². The molecule has 2 heterocycles. The van der Waals surface area contributed by atoms with Gasteiger partial charge in [-0.2, -0.15) is 0 Å². The molecule has 7 nitrogen and oxygen atoms in total. The predicted molar refractivity (Wildman–Crippen MR) is 95.7 cm³/mol. The molecule has 0 bridgehead atoms. The highest BCUT2D eigenvalue weighted by Gasteiger charge is 2.20. The van der Waals surface area contributed by atoms with Crippen LogP contribution in [0.1, 0.15) is 18.4 Å². The van der Waals surface area contributed by atoms with E-state index in [4.69, 9.17) is 4.74 Å². The number of nitrogens with zero attached hydrogens (tertiary/aromatic N) is 2. The lowest BCUT2D eigenvalue weighted by Crippen LogP contribution is -2.28. The van der Waals surface area contributed by atoms with Crippen LogP contribution in [0.3, 0.4) is 0 Å². The molecule has 25 heavy (non-hydrogen) atoms. The lowest BCUT2D eigenvalue weighted by Gasteiger charge is -2.11. The minimum atomic E-state index is -0.262. The average Bonchev–Trinajstić information content (AvgIpc) is 3.25. The predicted octanol–water partition coefficient (Wildman–Crippen LogP) is 1.20. The molecule has 1 aromatic heterocycles. The Morgan fingerprint density at radius 2 is 2.24 bits per heavy atom. The Morgan fingerprint density at radius 1 is 1.40 bits per heavy atom. The van der Waals surface area contributed by atoms with Gasteiger partial charge in [0.15, 0.2) is 5.16 Å². The van der Waals surface area contributed by atoms with Gasteiger partial charge in [0.2, 0.25) is 5.91 Å². The van der Waals surface area contributed by atoms with Crippen LogP contribution in [0.25, 0.3) is 0 Å². The van der Waals surface area contributed by atoms with E-state index >= 15 is 0 Å². The van der Waals surface area contributed by atoms with Crippen LogP contribution in [0.15, 0.2) is 40.3 Å². The van der Waals surface area contributed by atoms with Crippen LogP contribution in [-0.2, 0) is 22.5 Å². The number of H-pyrrole nitrogens is 1. The maximum absolute atomic E-state index is 12.0. The van der Waals surface area contributed by atoms with Gasteiger partial charge in [-0.25, -0.2) is 9.89 Å². The molecule has 1 saturated heterocycles. The zero-order valence-corrected chi connectivity index (χ0v) is 14.8. The van der Waals surface area contributed by atoms with E-state index in [-0.39, 0.29) is 23.5 Å². The van der Waals surface area contributed by atoms with E-state index in [9.17, 15) is 9.59 Å². The van der Waals surface area contributed by atoms with E-state index in [1.807, 2.05) is 30.3 Å². The maximum Gasteiger partial charge on any atom is 0.344 e. The molecule has 3 rings (SSSR count). The molecular weight excluding hydrogens is 340 g/mol. The van der Waals surface area contributed by atoms with Crippen molar-refractivity contribution in [2.24, 2.45) is 0 Å². The van der Waals surface area contributed by atoms with Gasteiger partial charge in [0.1, 0.15) is 0 Å². The normalized spacial score (nSPS) is 16.9. The number of hydrogen-bond acceptors (Lipinski definition) is 5. The SMILES string of the molecule is O=C(CSc1n[nH]c(=O)n1C[C@H]1CCCO1)NCCc1ccccc1. The summed E-state index contributed by atoms with van der Waals surface area (Å²) in [6.45, 7) is 1.81. The summed E-state index contributed by atoms with van der Waals surface area (Å²) in [7, 11) is 0. The molecule has 0 unspecified atom stereocenters. The average molecular weight is 362 g/mol. The monoisotopic (exact) mass is 362 g/mol. The molecule has 0 aliphatic carbocycles. The highest BCUT2D eigenvalue weighted by atomic mass is 32.2. The smallest absolute Gasteiger partial charge is 0.344 e. The number of amides is 1. The van der Waals surface area contributed by atoms with Crippen LogP contribution >= 0.6 is 11.8 Å². The molecule has 0 spiro atoms. The fourth-order valence-corrected chi connectivity index (χ4v) is 3.52. The van der Waals surface area contributed by atoms with E-state index in [0.717, 1.165) is 25.9 Å².